The zero-order valence-electron chi connectivity index (χ0n) is 11.2. The summed E-state index contributed by atoms with van der Waals surface area (Å²) in [7, 11) is -4.36. The van der Waals surface area contributed by atoms with Gasteiger partial charge in [0.05, 0.1) is 16.8 Å². The Bertz CT molecular complexity index is 890. The van der Waals surface area contributed by atoms with E-state index in [0.29, 0.717) is 0 Å². The predicted octanol–water partition coefficient (Wildman–Crippen LogP) is 4.14. The third-order valence-electron chi connectivity index (χ3n) is 2.85. The SMILES string of the molecule is N#Cc1c(Br)cccc1S(=O)(=O)Nc1ccccc1C(F)(F)F. The molecule has 9 heteroatoms. The maximum absolute atomic E-state index is 12.9. The average molecular weight is 405 g/mol. The molecule has 2 aromatic rings. The maximum Gasteiger partial charge on any atom is 0.418 e. The van der Waals surface area contributed by atoms with Crippen LogP contribution in [0.25, 0.3) is 0 Å². The van der Waals surface area contributed by atoms with Crippen molar-refractivity contribution in [1.29, 1.82) is 5.26 Å². The molecule has 120 valence electrons. The highest BCUT2D eigenvalue weighted by atomic mass is 79.9. The molecule has 0 atom stereocenters. The molecule has 0 amide bonds. The van der Waals surface area contributed by atoms with Crippen molar-refractivity contribution in [2.75, 3.05) is 4.72 Å². The van der Waals surface area contributed by atoms with Gasteiger partial charge < -0.3 is 0 Å². The molecule has 0 saturated heterocycles. The van der Waals surface area contributed by atoms with Crippen LogP contribution in [0.15, 0.2) is 51.8 Å². The molecule has 1 N–H and O–H groups in total. The number of sulfonamides is 1. The number of anilines is 1. The summed E-state index contributed by atoms with van der Waals surface area (Å²) in [6.45, 7) is 0. The van der Waals surface area contributed by atoms with Crippen LogP contribution in [0.5, 0.6) is 0 Å². The fourth-order valence-electron chi connectivity index (χ4n) is 1.86. The summed E-state index contributed by atoms with van der Waals surface area (Å²) in [5.41, 5.74) is -1.91. The minimum absolute atomic E-state index is 0.190. The highest BCUT2D eigenvalue weighted by Crippen LogP contribution is 2.36. The van der Waals surface area contributed by atoms with Gasteiger partial charge in [0.1, 0.15) is 11.0 Å². The van der Waals surface area contributed by atoms with E-state index in [1.54, 1.807) is 6.07 Å². The molecule has 0 aliphatic heterocycles. The zero-order valence-corrected chi connectivity index (χ0v) is 13.6. The van der Waals surface area contributed by atoms with E-state index in [9.17, 15) is 21.6 Å². The molecule has 23 heavy (non-hydrogen) atoms. The first-order valence-corrected chi connectivity index (χ1v) is 8.32. The Morgan fingerprint density at radius 3 is 2.35 bits per heavy atom. The lowest BCUT2D eigenvalue weighted by Crippen LogP contribution is -2.18. The van der Waals surface area contributed by atoms with Gasteiger partial charge in [-0.25, -0.2) is 8.42 Å². The van der Waals surface area contributed by atoms with E-state index in [1.165, 1.54) is 18.2 Å². The van der Waals surface area contributed by atoms with Gasteiger partial charge >= 0.3 is 6.18 Å². The molecular formula is C14H8BrF3N2O2S. The number of hydrogen-bond donors (Lipinski definition) is 1. The summed E-state index contributed by atoms with van der Waals surface area (Å²) in [6.07, 6.45) is -4.71. The van der Waals surface area contributed by atoms with Gasteiger partial charge in [0.15, 0.2) is 0 Å². The van der Waals surface area contributed by atoms with Gasteiger partial charge in [0.2, 0.25) is 0 Å². The van der Waals surface area contributed by atoms with E-state index >= 15 is 0 Å². The number of rotatable bonds is 3. The van der Waals surface area contributed by atoms with Crippen molar-refractivity contribution in [3.05, 3.63) is 58.1 Å². The van der Waals surface area contributed by atoms with Crippen molar-refractivity contribution in [2.24, 2.45) is 0 Å². The van der Waals surface area contributed by atoms with E-state index in [4.69, 9.17) is 5.26 Å². The Kier molecular flexibility index (Phi) is 4.68. The van der Waals surface area contributed by atoms with Crippen molar-refractivity contribution in [2.45, 2.75) is 11.1 Å². The number of alkyl halides is 3. The lowest BCUT2D eigenvalue weighted by atomic mass is 10.2. The number of para-hydroxylation sites is 1. The topological polar surface area (TPSA) is 70.0 Å². The van der Waals surface area contributed by atoms with Gasteiger partial charge in [-0.1, -0.05) is 18.2 Å². The predicted molar refractivity (Wildman–Crippen MR) is 81.1 cm³/mol. The van der Waals surface area contributed by atoms with Crippen LogP contribution in [0.3, 0.4) is 0 Å². The molecule has 0 fully saturated rings. The summed E-state index contributed by atoms with van der Waals surface area (Å²) in [6, 6.07) is 9.89. The van der Waals surface area contributed by atoms with E-state index < -0.39 is 32.3 Å². The van der Waals surface area contributed by atoms with Crippen LogP contribution >= 0.6 is 15.9 Å². The standard InChI is InChI=1S/C14H8BrF3N2O2S/c15-11-5-3-7-13(9(11)8-19)23(21,22)20-12-6-2-1-4-10(12)14(16,17)18/h1-7,20H. The molecule has 0 radical (unpaired) electrons. The number of nitrogens with zero attached hydrogens (tertiary/aromatic N) is 1. The van der Waals surface area contributed by atoms with Crippen LogP contribution in [-0.4, -0.2) is 8.42 Å². The quantitative estimate of drug-likeness (QED) is 0.835. The fraction of sp³-hybridized carbons (Fsp3) is 0.0714. The second-order valence-corrected chi connectivity index (χ2v) is 6.88. The number of nitrogens with one attached hydrogen (secondary N) is 1. The Morgan fingerprint density at radius 1 is 1.09 bits per heavy atom. The number of halogens is 4. The molecule has 0 aliphatic rings. The summed E-state index contributed by atoms with van der Waals surface area (Å²) < 4.78 is 65.7. The van der Waals surface area contributed by atoms with Crippen LogP contribution in [0.4, 0.5) is 18.9 Å². The lowest BCUT2D eigenvalue weighted by Gasteiger charge is -2.15. The molecule has 0 bridgehead atoms. The van der Waals surface area contributed by atoms with Gasteiger partial charge in [-0.3, -0.25) is 4.72 Å². The first kappa shape index (κ1) is 17.3. The molecule has 0 unspecified atom stereocenters. The monoisotopic (exact) mass is 404 g/mol. The first-order valence-electron chi connectivity index (χ1n) is 6.04. The average Bonchev–Trinajstić information content (AvgIpc) is 2.46. The van der Waals surface area contributed by atoms with Crippen molar-refractivity contribution in [3.63, 3.8) is 0 Å². The Labute approximate surface area is 138 Å². The summed E-state index contributed by atoms with van der Waals surface area (Å²) in [5.74, 6) is 0. The molecule has 4 nitrogen and oxygen atoms in total. The van der Waals surface area contributed by atoms with Gasteiger partial charge in [0.25, 0.3) is 10.0 Å². The summed E-state index contributed by atoms with van der Waals surface area (Å²) in [4.78, 5) is -0.411. The van der Waals surface area contributed by atoms with E-state index in [0.717, 1.165) is 24.3 Å². The smallest absolute Gasteiger partial charge is 0.279 e. The van der Waals surface area contributed by atoms with Crippen LogP contribution in [-0.2, 0) is 16.2 Å². The largest absolute Gasteiger partial charge is 0.418 e. The second-order valence-electron chi connectivity index (χ2n) is 4.37. The van der Waals surface area contributed by atoms with E-state index in [-0.39, 0.29) is 10.0 Å². The molecular weight excluding hydrogens is 397 g/mol. The van der Waals surface area contributed by atoms with Crippen molar-refractivity contribution in [1.82, 2.24) is 0 Å². The first-order chi connectivity index (χ1) is 10.7. The third kappa shape index (κ3) is 3.65. The van der Waals surface area contributed by atoms with Crippen molar-refractivity contribution < 1.29 is 21.6 Å². The number of hydrogen-bond acceptors (Lipinski definition) is 3. The molecule has 0 aromatic heterocycles. The Balaban J connectivity index is 2.54. The molecule has 0 aliphatic carbocycles. The van der Waals surface area contributed by atoms with Crippen molar-refractivity contribution in [3.8, 4) is 6.07 Å². The molecule has 0 saturated carbocycles. The van der Waals surface area contributed by atoms with Gasteiger partial charge in [-0.15, -0.1) is 0 Å². The molecule has 0 heterocycles. The van der Waals surface area contributed by atoms with Crippen LogP contribution in [0.2, 0.25) is 0 Å². The minimum Gasteiger partial charge on any atom is -0.279 e. The van der Waals surface area contributed by atoms with Gasteiger partial charge in [0, 0.05) is 4.47 Å². The highest BCUT2D eigenvalue weighted by Gasteiger charge is 2.34. The van der Waals surface area contributed by atoms with E-state index in [1.807, 2.05) is 4.72 Å². The highest BCUT2D eigenvalue weighted by molar-refractivity contribution is 9.10. The fourth-order valence-corrected chi connectivity index (χ4v) is 3.70. The second kappa shape index (κ2) is 6.22. The summed E-state index contributed by atoms with van der Waals surface area (Å²) >= 11 is 3.04. The molecule has 2 rings (SSSR count). The minimum atomic E-state index is -4.71. The van der Waals surface area contributed by atoms with Crippen LogP contribution in [0.1, 0.15) is 11.1 Å². The lowest BCUT2D eigenvalue weighted by molar-refractivity contribution is -0.136. The molecule has 2 aromatic carbocycles. The maximum atomic E-state index is 12.9. The summed E-state index contributed by atoms with van der Waals surface area (Å²) in [5, 5.41) is 9.06. The van der Waals surface area contributed by atoms with E-state index in [2.05, 4.69) is 15.9 Å². The molecule has 0 spiro atoms. The normalized spacial score (nSPS) is 11.8. The van der Waals surface area contributed by atoms with Gasteiger partial charge in [-0.2, -0.15) is 18.4 Å². The zero-order chi connectivity index (χ0) is 17.3. The third-order valence-corrected chi connectivity index (χ3v) is 4.92. The Hall–Kier alpha value is -2.05. The van der Waals surface area contributed by atoms with Crippen LogP contribution < -0.4 is 4.72 Å². The number of benzene rings is 2. The Morgan fingerprint density at radius 2 is 1.74 bits per heavy atom. The van der Waals surface area contributed by atoms with Crippen molar-refractivity contribution >= 4 is 31.6 Å². The van der Waals surface area contributed by atoms with Crippen LogP contribution in [0, 0.1) is 11.3 Å². The van der Waals surface area contributed by atoms with Gasteiger partial charge in [-0.05, 0) is 40.2 Å². The number of nitriles is 1.